The maximum absolute atomic E-state index is 11.1. The number of anilines is 1. The van der Waals surface area contributed by atoms with Crippen LogP contribution in [0.2, 0.25) is 0 Å². The summed E-state index contributed by atoms with van der Waals surface area (Å²) in [7, 11) is 0. The van der Waals surface area contributed by atoms with E-state index in [0.29, 0.717) is 5.95 Å². The van der Waals surface area contributed by atoms with Crippen LogP contribution in [0, 0.1) is 0 Å². The fourth-order valence-corrected chi connectivity index (χ4v) is 2.19. The van der Waals surface area contributed by atoms with Gasteiger partial charge < -0.3 is 5.73 Å². The Bertz CT molecular complexity index is 574. The van der Waals surface area contributed by atoms with Crippen LogP contribution in [0.15, 0.2) is 24.3 Å². The molecule has 0 spiro atoms. The minimum Gasteiger partial charge on any atom is -0.367 e. The monoisotopic (exact) mass is 247 g/mol. The normalized spacial score (nSPS) is 10.9. The highest BCUT2D eigenvalue weighted by Gasteiger charge is 2.21. The zero-order valence-electron chi connectivity index (χ0n) is 10.6. The second-order valence-corrected chi connectivity index (χ2v) is 4.40. The standard InChI is InChI=1S/C13H18N4O/c1-2-3-8-16-10-6-4-5-7-11(10)17(13(16)15)9-12(14)18/h4-7,15H,2-3,8-9H2,1H3,(H2,14,18)/p+1. The number of primary amides is 1. The molecular formula is C13H19N4O+. The van der Waals surface area contributed by atoms with Crippen molar-refractivity contribution in [3.8, 4) is 0 Å². The van der Waals surface area contributed by atoms with Crippen LogP contribution in [0.4, 0.5) is 5.95 Å². The van der Waals surface area contributed by atoms with Crippen LogP contribution >= 0.6 is 0 Å². The molecule has 1 heterocycles. The van der Waals surface area contributed by atoms with Gasteiger partial charge in [-0.2, -0.15) is 0 Å². The van der Waals surface area contributed by atoms with Crippen molar-refractivity contribution in [2.45, 2.75) is 32.9 Å². The van der Waals surface area contributed by atoms with Crippen molar-refractivity contribution in [3.05, 3.63) is 24.3 Å². The van der Waals surface area contributed by atoms with Crippen LogP contribution in [-0.2, 0) is 17.9 Å². The van der Waals surface area contributed by atoms with Gasteiger partial charge in [-0.25, -0.2) is 9.13 Å². The average Bonchev–Trinajstić information content (AvgIpc) is 2.60. The minimum absolute atomic E-state index is 0.117. The van der Waals surface area contributed by atoms with Gasteiger partial charge in [0.2, 0.25) is 0 Å². The SMILES string of the molecule is CCCCn1c(N)[n+](CC(N)=O)c2ccccc21. The first-order valence-electron chi connectivity index (χ1n) is 6.20. The maximum atomic E-state index is 11.1. The zero-order valence-corrected chi connectivity index (χ0v) is 10.6. The molecule has 0 bridgehead atoms. The van der Waals surface area contributed by atoms with Crippen LogP contribution < -0.4 is 16.0 Å². The third-order valence-electron chi connectivity index (χ3n) is 3.07. The molecule has 96 valence electrons. The lowest BCUT2D eigenvalue weighted by Crippen LogP contribution is -2.42. The molecular weight excluding hydrogens is 228 g/mol. The highest BCUT2D eigenvalue weighted by Crippen LogP contribution is 2.16. The second-order valence-electron chi connectivity index (χ2n) is 4.40. The lowest BCUT2D eigenvalue weighted by molar-refractivity contribution is -0.644. The van der Waals surface area contributed by atoms with Crippen LogP contribution in [0.3, 0.4) is 0 Å². The van der Waals surface area contributed by atoms with Crippen LogP contribution in [0.1, 0.15) is 19.8 Å². The number of benzene rings is 1. The number of unbranched alkanes of at least 4 members (excludes halogenated alkanes) is 1. The first kappa shape index (κ1) is 12.4. The quantitative estimate of drug-likeness (QED) is 0.766. The van der Waals surface area contributed by atoms with Crippen molar-refractivity contribution >= 4 is 22.9 Å². The van der Waals surface area contributed by atoms with E-state index in [1.165, 1.54) is 0 Å². The molecule has 1 aromatic carbocycles. The summed E-state index contributed by atoms with van der Waals surface area (Å²) in [6.07, 6.45) is 2.15. The number of imidazole rings is 1. The molecule has 0 saturated carbocycles. The molecule has 0 fully saturated rings. The average molecular weight is 247 g/mol. The molecule has 2 aromatic rings. The van der Waals surface area contributed by atoms with Gasteiger partial charge in [-0.05, 0) is 18.6 Å². The summed E-state index contributed by atoms with van der Waals surface area (Å²) in [6, 6.07) is 7.87. The Morgan fingerprint density at radius 1 is 1.39 bits per heavy atom. The van der Waals surface area contributed by atoms with Gasteiger partial charge in [0.1, 0.15) is 11.0 Å². The number of nitrogen functional groups attached to an aromatic ring is 1. The van der Waals surface area contributed by atoms with E-state index in [1.54, 1.807) is 4.57 Å². The largest absolute Gasteiger partial charge is 0.367 e. The van der Waals surface area contributed by atoms with Crippen molar-refractivity contribution in [1.82, 2.24) is 4.57 Å². The van der Waals surface area contributed by atoms with Gasteiger partial charge in [-0.15, -0.1) is 0 Å². The summed E-state index contributed by atoms with van der Waals surface area (Å²) in [5.41, 5.74) is 13.4. The van der Waals surface area contributed by atoms with Gasteiger partial charge in [-0.3, -0.25) is 10.5 Å². The highest BCUT2D eigenvalue weighted by atomic mass is 16.1. The van der Waals surface area contributed by atoms with Crippen molar-refractivity contribution in [3.63, 3.8) is 0 Å². The van der Waals surface area contributed by atoms with E-state index in [9.17, 15) is 4.79 Å². The van der Waals surface area contributed by atoms with Crippen molar-refractivity contribution in [2.24, 2.45) is 5.73 Å². The van der Waals surface area contributed by atoms with Gasteiger partial charge in [-0.1, -0.05) is 25.5 Å². The molecule has 0 saturated heterocycles. The Kier molecular flexibility index (Phi) is 3.50. The van der Waals surface area contributed by atoms with Crippen molar-refractivity contribution in [1.29, 1.82) is 0 Å². The third-order valence-corrected chi connectivity index (χ3v) is 3.07. The molecule has 0 atom stereocenters. The van der Waals surface area contributed by atoms with Crippen LogP contribution in [-0.4, -0.2) is 10.5 Å². The summed E-state index contributed by atoms with van der Waals surface area (Å²) < 4.78 is 3.81. The molecule has 1 aromatic heterocycles. The fraction of sp³-hybridized carbons (Fsp3) is 0.385. The van der Waals surface area contributed by atoms with Gasteiger partial charge in [0.05, 0.1) is 6.54 Å². The van der Waals surface area contributed by atoms with E-state index >= 15 is 0 Å². The lowest BCUT2D eigenvalue weighted by atomic mass is 10.3. The Morgan fingerprint density at radius 3 is 2.78 bits per heavy atom. The number of nitrogens with two attached hydrogens (primary N) is 2. The zero-order chi connectivity index (χ0) is 13.1. The van der Waals surface area contributed by atoms with E-state index < -0.39 is 0 Å². The first-order valence-corrected chi connectivity index (χ1v) is 6.20. The van der Waals surface area contributed by atoms with Gasteiger partial charge in [0, 0.05) is 0 Å². The highest BCUT2D eigenvalue weighted by molar-refractivity contribution is 5.76. The number of amides is 1. The van der Waals surface area contributed by atoms with E-state index in [1.807, 2.05) is 28.8 Å². The topological polar surface area (TPSA) is 77.9 Å². The smallest absolute Gasteiger partial charge is 0.356 e. The number of hydrogen-bond donors (Lipinski definition) is 2. The predicted octanol–water partition coefficient (Wildman–Crippen LogP) is 0.796. The van der Waals surface area contributed by atoms with Gasteiger partial charge >= 0.3 is 5.95 Å². The summed E-state index contributed by atoms with van der Waals surface area (Å²) in [5.74, 6) is 0.202. The number of carbonyl (C=O) groups excluding carboxylic acids is 1. The number of fused-ring (bicyclic) bond motifs is 1. The number of aryl methyl sites for hydroxylation is 1. The molecule has 0 aliphatic rings. The summed E-state index contributed by atoms with van der Waals surface area (Å²) >= 11 is 0. The predicted molar refractivity (Wildman–Crippen MR) is 70.6 cm³/mol. The molecule has 0 aliphatic carbocycles. The summed E-state index contributed by atoms with van der Waals surface area (Å²) in [5, 5.41) is 0. The van der Waals surface area contributed by atoms with Crippen molar-refractivity contribution in [2.75, 3.05) is 5.73 Å². The molecule has 1 amide bonds. The van der Waals surface area contributed by atoms with Crippen LogP contribution in [0.5, 0.6) is 0 Å². The van der Waals surface area contributed by atoms with Crippen molar-refractivity contribution < 1.29 is 9.36 Å². The Morgan fingerprint density at radius 2 is 2.11 bits per heavy atom. The molecule has 4 N–H and O–H groups in total. The third kappa shape index (κ3) is 2.16. The Balaban J connectivity index is 2.55. The first-order chi connectivity index (χ1) is 8.65. The molecule has 2 rings (SSSR count). The van der Waals surface area contributed by atoms with Crippen LogP contribution in [0.25, 0.3) is 11.0 Å². The molecule has 0 aliphatic heterocycles. The second kappa shape index (κ2) is 5.08. The molecule has 5 heteroatoms. The number of para-hydroxylation sites is 2. The Hall–Kier alpha value is -2.04. The molecule has 5 nitrogen and oxygen atoms in total. The van der Waals surface area contributed by atoms with E-state index in [-0.39, 0.29) is 12.5 Å². The number of aromatic nitrogens is 2. The number of carbonyl (C=O) groups is 1. The molecule has 0 radical (unpaired) electrons. The number of nitrogens with zero attached hydrogens (tertiary/aromatic N) is 2. The van der Waals surface area contributed by atoms with Gasteiger partial charge in [0.15, 0.2) is 6.54 Å². The molecule has 0 unspecified atom stereocenters. The lowest BCUT2D eigenvalue weighted by Gasteiger charge is -1.99. The summed E-state index contributed by atoms with van der Waals surface area (Å²) in [4.78, 5) is 11.1. The number of rotatable bonds is 5. The van der Waals surface area contributed by atoms with E-state index in [2.05, 4.69) is 6.92 Å². The Labute approximate surface area is 106 Å². The number of hydrogen-bond acceptors (Lipinski definition) is 2. The van der Waals surface area contributed by atoms with Gasteiger partial charge in [0.25, 0.3) is 5.91 Å². The van der Waals surface area contributed by atoms with E-state index in [4.69, 9.17) is 11.5 Å². The minimum atomic E-state index is -0.384. The van der Waals surface area contributed by atoms with E-state index in [0.717, 1.165) is 30.4 Å². The molecule has 18 heavy (non-hydrogen) atoms. The summed E-state index contributed by atoms with van der Waals surface area (Å²) in [6.45, 7) is 3.11. The fourth-order valence-electron chi connectivity index (χ4n) is 2.19. The maximum Gasteiger partial charge on any atom is 0.356 e.